The van der Waals surface area contributed by atoms with Crippen molar-refractivity contribution < 1.29 is 4.79 Å². The van der Waals surface area contributed by atoms with E-state index in [2.05, 4.69) is 20.9 Å². The van der Waals surface area contributed by atoms with Crippen LogP contribution in [0.25, 0.3) is 0 Å². The van der Waals surface area contributed by atoms with E-state index in [1.54, 1.807) is 6.20 Å². The van der Waals surface area contributed by atoms with Gasteiger partial charge in [-0.3, -0.25) is 19.7 Å². The van der Waals surface area contributed by atoms with Crippen molar-refractivity contribution in [1.82, 2.24) is 19.8 Å². The number of carbonyl (C=O) groups excluding carboxylic acids is 1. The standard InChI is InChI=1S/C19H22N4O/c1-14-4-2-6-16(21-14)13-23-17-7-9-22(18(17)10-19(23)24)12-15-5-3-8-20-11-15/h2-6,8,11,17-18H,7,9-10,12-13H2,1H3/t17-,18+/m1/s1. The maximum atomic E-state index is 12.5. The predicted octanol–water partition coefficient (Wildman–Crippen LogP) is 2.16. The number of hydrogen-bond acceptors (Lipinski definition) is 4. The van der Waals surface area contributed by atoms with Crippen LogP contribution in [0.4, 0.5) is 0 Å². The Hall–Kier alpha value is -2.27. The van der Waals surface area contributed by atoms with Crippen LogP contribution in [-0.4, -0.2) is 44.3 Å². The van der Waals surface area contributed by atoms with E-state index in [0.29, 0.717) is 25.0 Å². The van der Waals surface area contributed by atoms with Gasteiger partial charge in [0.15, 0.2) is 0 Å². The lowest BCUT2D eigenvalue weighted by atomic mass is 10.1. The Morgan fingerprint density at radius 3 is 2.88 bits per heavy atom. The highest BCUT2D eigenvalue weighted by molar-refractivity contribution is 5.80. The van der Waals surface area contributed by atoms with Crippen molar-refractivity contribution in [3.63, 3.8) is 0 Å². The fourth-order valence-corrected chi connectivity index (χ4v) is 4.00. The molecule has 0 aliphatic carbocycles. The van der Waals surface area contributed by atoms with Crippen molar-refractivity contribution in [3.8, 4) is 0 Å². The van der Waals surface area contributed by atoms with E-state index in [-0.39, 0.29) is 5.91 Å². The van der Waals surface area contributed by atoms with Crippen molar-refractivity contribution in [3.05, 3.63) is 59.7 Å². The molecule has 5 heteroatoms. The summed E-state index contributed by atoms with van der Waals surface area (Å²) < 4.78 is 0. The Kier molecular flexibility index (Phi) is 4.02. The third-order valence-corrected chi connectivity index (χ3v) is 5.12. The van der Waals surface area contributed by atoms with Gasteiger partial charge in [0.1, 0.15) is 0 Å². The summed E-state index contributed by atoms with van der Waals surface area (Å²) in [5.74, 6) is 0.254. The first-order valence-corrected chi connectivity index (χ1v) is 8.55. The average molecular weight is 322 g/mol. The molecular weight excluding hydrogens is 300 g/mol. The van der Waals surface area contributed by atoms with Crippen LogP contribution in [0.15, 0.2) is 42.7 Å². The molecule has 2 saturated heterocycles. The van der Waals surface area contributed by atoms with Crippen LogP contribution < -0.4 is 0 Å². The van der Waals surface area contributed by atoms with Crippen LogP contribution in [0.1, 0.15) is 29.8 Å². The summed E-state index contributed by atoms with van der Waals surface area (Å²) in [6.07, 6.45) is 5.38. The number of hydrogen-bond donors (Lipinski definition) is 0. The van der Waals surface area contributed by atoms with Crippen LogP contribution in [0.5, 0.6) is 0 Å². The molecule has 5 nitrogen and oxygen atoms in total. The first-order chi connectivity index (χ1) is 11.7. The Balaban J connectivity index is 1.47. The molecule has 2 aliphatic heterocycles. The van der Waals surface area contributed by atoms with Crippen molar-refractivity contribution >= 4 is 5.91 Å². The molecular formula is C19H22N4O. The van der Waals surface area contributed by atoms with Gasteiger partial charge in [-0.25, -0.2) is 0 Å². The largest absolute Gasteiger partial charge is 0.332 e. The molecule has 0 spiro atoms. The van der Waals surface area contributed by atoms with Gasteiger partial charge in [-0.15, -0.1) is 0 Å². The van der Waals surface area contributed by atoms with Gasteiger partial charge in [0, 0.05) is 49.7 Å². The fraction of sp³-hybridized carbons (Fsp3) is 0.421. The van der Waals surface area contributed by atoms with Gasteiger partial charge in [0.2, 0.25) is 5.91 Å². The molecule has 124 valence electrons. The van der Waals surface area contributed by atoms with E-state index in [0.717, 1.165) is 30.9 Å². The fourth-order valence-electron chi connectivity index (χ4n) is 4.00. The topological polar surface area (TPSA) is 49.3 Å². The highest BCUT2D eigenvalue weighted by Crippen LogP contribution is 2.34. The molecule has 0 N–H and O–H groups in total. The van der Waals surface area contributed by atoms with Crippen LogP contribution in [0.3, 0.4) is 0 Å². The SMILES string of the molecule is Cc1cccc(CN2C(=O)C[C@H]3[C@H]2CCN3Cc2cccnc2)n1. The van der Waals surface area contributed by atoms with E-state index in [9.17, 15) is 4.79 Å². The lowest BCUT2D eigenvalue weighted by molar-refractivity contribution is -0.129. The van der Waals surface area contributed by atoms with E-state index in [4.69, 9.17) is 0 Å². The van der Waals surface area contributed by atoms with Crippen LogP contribution in [-0.2, 0) is 17.9 Å². The van der Waals surface area contributed by atoms with E-state index < -0.39 is 0 Å². The summed E-state index contributed by atoms with van der Waals surface area (Å²) in [7, 11) is 0. The number of amides is 1. The molecule has 2 fully saturated rings. The number of likely N-dealkylation sites (tertiary alicyclic amines) is 2. The Labute approximate surface area is 142 Å². The average Bonchev–Trinajstić information content (AvgIpc) is 3.09. The second-order valence-corrected chi connectivity index (χ2v) is 6.75. The number of aryl methyl sites for hydroxylation is 1. The lowest BCUT2D eigenvalue weighted by Gasteiger charge is -2.25. The molecule has 1 amide bonds. The minimum atomic E-state index is 0.254. The number of fused-ring (bicyclic) bond motifs is 1. The summed E-state index contributed by atoms with van der Waals surface area (Å²) in [6.45, 7) is 4.53. The zero-order valence-electron chi connectivity index (χ0n) is 13.9. The third kappa shape index (κ3) is 2.91. The molecule has 2 aromatic rings. The second kappa shape index (κ2) is 6.32. The molecule has 0 saturated carbocycles. The van der Waals surface area contributed by atoms with Crippen LogP contribution in [0, 0.1) is 6.92 Å². The van der Waals surface area contributed by atoms with Gasteiger partial charge >= 0.3 is 0 Å². The molecule has 2 aliphatic rings. The lowest BCUT2D eigenvalue weighted by Crippen LogP contribution is -2.36. The smallest absolute Gasteiger partial charge is 0.224 e. The molecule has 0 unspecified atom stereocenters. The van der Waals surface area contributed by atoms with Crippen molar-refractivity contribution in [2.75, 3.05) is 6.54 Å². The first-order valence-electron chi connectivity index (χ1n) is 8.55. The highest BCUT2D eigenvalue weighted by atomic mass is 16.2. The molecule has 4 heterocycles. The molecule has 2 atom stereocenters. The van der Waals surface area contributed by atoms with Crippen molar-refractivity contribution in [2.45, 2.75) is 44.9 Å². The minimum absolute atomic E-state index is 0.254. The molecule has 24 heavy (non-hydrogen) atoms. The number of rotatable bonds is 4. The normalized spacial score (nSPS) is 23.7. The van der Waals surface area contributed by atoms with Gasteiger partial charge in [-0.2, -0.15) is 0 Å². The maximum Gasteiger partial charge on any atom is 0.224 e. The Morgan fingerprint density at radius 1 is 1.17 bits per heavy atom. The van der Waals surface area contributed by atoms with E-state index >= 15 is 0 Å². The number of carbonyl (C=O) groups is 1. The van der Waals surface area contributed by atoms with Gasteiger partial charge in [-0.1, -0.05) is 12.1 Å². The molecule has 0 radical (unpaired) electrons. The maximum absolute atomic E-state index is 12.5. The molecule has 0 bridgehead atoms. The summed E-state index contributed by atoms with van der Waals surface area (Å²) in [5.41, 5.74) is 3.19. The quantitative estimate of drug-likeness (QED) is 0.865. The summed E-state index contributed by atoms with van der Waals surface area (Å²) >= 11 is 0. The summed E-state index contributed by atoms with van der Waals surface area (Å²) in [5, 5.41) is 0. The zero-order chi connectivity index (χ0) is 16.5. The zero-order valence-corrected chi connectivity index (χ0v) is 13.9. The third-order valence-electron chi connectivity index (χ3n) is 5.12. The monoisotopic (exact) mass is 322 g/mol. The van der Waals surface area contributed by atoms with Crippen LogP contribution >= 0.6 is 0 Å². The number of aromatic nitrogens is 2. The van der Waals surface area contributed by atoms with E-state index in [1.165, 1.54) is 5.56 Å². The first kappa shape index (κ1) is 15.3. The van der Waals surface area contributed by atoms with Gasteiger partial charge < -0.3 is 4.90 Å². The summed E-state index contributed by atoms with van der Waals surface area (Å²) in [4.78, 5) is 25.8. The number of nitrogens with zero attached hydrogens (tertiary/aromatic N) is 4. The summed E-state index contributed by atoms with van der Waals surface area (Å²) in [6, 6.07) is 10.7. The minimum Gasteiger partial charge on any atom is -0.332 e. The van der Waals surface area contributed by atoms with Gasteiger partial charge in [-0.05, 0) is 37.1 Å². The second-order valence-electron chi connectivity index (χ2n) is 6.75. The van der Waals surface area contributed by atoms with Gasteiger partial charge in [0.25, 0.3) is 0 Å². The molecule has 0 aromatic carbocycles. The van der Waals surface area contributed by atoms with Gasteiger partial charge in [0.05, 0.1) is 12.2 Å². The van der Waals surface area contributed by atoms with E-state index in [1.807, 2.05) is 42.3 Å². The predicted molar refractivity (Wildman–Crippen MR) is 91.0 cm³/mol. The molecule has 4 rings (SSSR count). The Morgan fingerprint density at radius 2 is 2.08 bits per heavy atom. The van der Waals surface area contributed by atoms with Crippen molar-refractivity contribution in [1.29, 1.82) is 0 Å². The molecule has 2 aromatic heterocycles. The number of pyridine rings is 2. The van der Waals surface area contributed by atoms with Crippen molar-refractivity contribution in [2.24, 2.45) is 0 Å². The van der Waals surface area contributed by atoms with Crippen LogP contribution in [0.2, 0.25) is 0 Å². The highest BCUT2D eigenvalue weighted by Gasteiger charge is 2.46. The Bertz CT molecular complexity index is 733.